The van der Waals surface area contributed by atoms with E-state index in [2.05, 4.69) is 16.3 Å². The molecule has 2 aliphatic carbocycles. The average Bonchev–Trinajstić information content (AvgIpc) is 3.20. The molecule has 0 aromatic heterocycles. The van der Waals surface area contributed by atoms with Gasteiger partial charge in [0, 0.05) is 23.9 Å². The zero-order chi connectivity index (χ0) is 13.9. The zero-order valence-corrected chi connectivity index (χ0v) is 13.5. The summed E-state index contributed by atoms with van der Waals surface area (Å²) in [5.41, 5.74) is 0. The summed E-state index contributed by atoms with van der Waals surface area (Å²) in [5, 5.41) is 3.39. The van der Waals surface area contributed by atoms with Gasteiger partial charge in [-0.15, -0.1) is 0 Å². The maximum absolute atomic E-state index is 12.3. The molecule has 3 atom stereocenters. The highest BCUT2D eigenvalue weighted by atomic mass is 32.2. The first kappa shape index (κ1) is 15.6. The molecule has 112 valence electrons. The quantitative estimate of drug-likeness (QED) is 0.752. The first-order valence-electron chi connectivity index (χ1n) is 7.30. The molecule has 0 radical (unpaired) electrons. The number of rotatable bonds is 7. The Hall–Kier alpha value is 0.220. The Labute approximate surface area is 121 Å². The van der Waals surface area contributed by atoms with Crippen molar-refractivity contribution in [1.82, 2.24) is 10.0 Å². The van der Waals surface area contributed by atoms with E-state index in [0.717, 1.165) is 19.3 Å². The predicted octanol–water partition coefficient (Wildman–Crippen LogP) is 1.72. The number of nitrogens with one attached hydrogen (secondary N) is 2. The summed E-state index contributed by atoms with van der Waals surface area (Å²) in [4.78, 5) is 0. The molecule has 2 fully saturated rings. The molecule has 2 aliphatic rings. The van der Waals surface area contributed by atoms with E-state index in [9.17, 15) is 8.42 Å². The van der Waals surface area contributed by atoms with Gasteiger partial charge in [-0.3, -0.25) is 0 Å². The highest BCUT2D eigenvalue weighted by molar-refractivity contribution is 7.99. The summed E-state index contributed by atoms with van der Waals surface area (Å²) in [6.45, 7) is 2.37. The molecular weight excluding hydrogens is 280 g/mol. The SMILES string of the molecule is CSC1CCCCC1NS(=O)(=O)C(C)CNC1CC1. The third kappa shape index (κ3) is 4.62. The van der Waals surface area contributed by atoms with E-state index in [1.165, 1.54) is 19.3 Å². The highest BCUT2D eigenvalue weighted by Crippen LogP contribution is 2.28. The number of sulfonamides is 1. The van der Waals surface area contributed by atoms with Crippen molar-refractivity contribution in [1.29, 1.82) is 0 Å². The lowest BCUT2D eigenvalue weighted by molar-refractivity contribution is 0.421. The zero-order valence-electron chi connectivity index (χ0n) is 11.9. The highest BCUT2D eigenvalue weighted by Gasteiger charge is 2.31. The molecule has 2 N–H and O–H groups in total. The van der Waals surface area contributed by atoms with Crippen molar-refractivity contribution in [3.05, 3.63) is 0 Å². The molecule has 2 saturated carbocycles. The fourth-order valence-corrected chi connectivity index (χ4v) is 4.84. The summed E-state index contributed by atoms with van der Waals surface area (Å²) in [5.74, 6) is 0. The van der Waals surface area contributed by atoms with Gasteiger partial charge in [0.15, 0.2) is 0 Å². The van der Waals surface area contributed by atoms with Crippen molar-refractivity contribution >= 4 is 21.8 Å². The predicted molar refractivity (Wildman–Crippen MR) is 82.1 cm³/mol. The lowest BCUT2D eigenvalue weighted by atomic mass is 9.96. The van der Waals surface area contributed by atoms with Gasteiger partial charge in [-0.1, -0.05) is 12.8 Å². The van der Waals surface area contributed by atoms with Crippen molar-refractivity contribution in [2.45, 2.75) is 68.0 Å². The van der Waals surface area contributed by atoms with Crippen molar-refractivity contribution < 1.29 is 8.42 Å². The Kier molecular flexibility index (Phi) is 5.57. The molecule has 0 saturated heterocycles. The molecule has 0 bridgehead atoms. The maximum atomic E-state index is 12.3. The summed E-state index contributed by atoms with van der Waals surface area (Å²) in [6.07, 6.45) is 8.93. The standard InChI is InChI=1S/C13H26N2O2S2/c1-10(9-14-11-7-8-11)19(16,17)15-12-5-3-4-6-13(12)18-2/h10-15H,3-9H2,1-2H3. The second-order valence-corrected chi connectivity index (χ2v) is 9.03. The molecule has 0 aromatic rings. The van der Waals surface area contributed by atoms with Crippen LogP contribution in [0.3, 0.4) is 0 Å². The van der Waals surface area contributed by atoms with Crippen LogP contribution in [0.1, 0.15) is 45.4 Å². The molecule has 0 amide bonds. The van der Waals surface area contributed by atoms with Crippen molar-refractivity contribution in [2.75, 3.05) is 12.8 Å². The monoisotopic (exact) mass is 306 g/mol. The molecule has 2 rings (SSSR count). The van der Waals surface area contributed by atoms with Gasteiger partial charge >= 0.3 is 0 Å². The third-order valence-electron chi connectivity index (χ3n) is 4.12. The summed E-state index contributed by atoms with van der Waals surface area (Å²) >= 11 is 1.79. The fraction of sp³-hybridized carbons (Fsp3) is 1.00. The molecule has 0 heterocycles. The van der Waals surface area contributed by atoms with Crippen LogP contribution in [0.2, 0.25) is 0 Å². The van der Waals surface area contributed by atoms with Crippen LogP contribution in [0, 0.1) is 0 Å². The van der Waals surface area contributed by atoms with Gasteiger partial charge < -0.3 is 5.32 Å². The van der Waals surface area contributed by atoms with Gasteiger partial charge in [-0.2, -0.15) is 11.8 Å². The number of hydrogen-bond acceptors (Lipinski definition) is 4. The molecule has 0 spiro atoms. The van der Waals surface area contributed by atoms with Gasteiger partial charge in [0.2, 0.25) is 10.0 Å². The van der Waals surface area contributed by atoms with Crippen molar-refractivity contribution in [3.8, 4) is 0 Å². The van der Waals surface area contributed by atoms with Crippen molar-refractivity contribution in [2.24, 2.45) is 0 Å². The van der Waals surface area contributed by atoms with Crippen LogP contribution in [0.25, 0.3) is 0 Å². The smallest absolute Gasteiger partial charge is 0.215 e. The Morgan fingerprint density at radius 2 is 1.89 bits per heavy atom. The minimum absolute atomic E-state index is 0.122. The molecule has 4 nitrogen and oxygen atoms in total. The van der Waals surface area contributed by atoms with E-state index in [4.69, 9.17) is 0 Å². The van der Waals surface area contributed by atoms with Crippen LogP contribution in [0.4, 0.5) is 0 Å². The van der Waals surface area contributed by atoms with Crippen LogP contribution in [-0.2, 0) is 10.0 Å². The second kappa shape index (κ2) is 6.78. The Balaban J connectivity index is 1.86. The van der Waals surface area contributed by atoms with E-state index in [1.807, 2.05) is 0 Å². The molecule has 0 aromatic carbocycles. The second-order valence-electron chi connectivity index (χ2n) is 5.82. The Morgan fingerprint density at radius 3 is 2.53 bits per heavy atom. The number of thioether (sulfide) groups is 1. The average molecular weight is 306 g/mol. The van der Waals surface area contributed by atoms with E-state index in [-0.39, 0.29) is 11.3 Å². The van der Waals surface area contributed by atoms with Crippen LogP contribution < -0.4 is 10.0 Å². The van der Waals surface area contributed by atoms with Gasteiger partial charge in [0.05, 0.1) is 5.25 Å². The van der Waals surface area contributed by atoms with Crippen LogP contribution in [0.5, 0.6) is 0 Å². The molecule has 0 aliphatic heterocycles. The van der Waals surface area contributed by atoms with E-state index in [1.54, 1.807) is 18.7 Å². The fourth-order valence-electron chi connectivity index (χ4n) is 2.57. The van der Waals surface area contributed by atoms with Gasteiger partial charge in [-0.05, 0) is 38.9 Å². The Bertz CT molecular complexity index is 382. The molecular formula is C13H26N2O2S2. The normalized spacial score (nSPS) is 30.2. The number of hydrogen-bond donors (Lipinski definition) is 2. The van der Waals surface area contributed by atoms with Crippen LogP contribution in [0.15, 0.2) is 0 Å². The first-order chi connectivity index (χ1) is 9.03. The molecule has 6 heteroatoms. The minimum atomic E-state index is -3.20. The van der Waals surface area contributed by atoms with Gasteiger partial charge in [-0.25, -0.2) is 13.1 Å². The molecule has 3 unspecified atom stereocenters. The maximum Gasteiger partial charge on any atom is 0.215 e. The third-order valence-corrected chi connectivity index (χ3v) is 7.15. The lowest BCUT2D eigenvalue weighted by Gasteiger charge is -2.31. The van der Waals surface area contributed by atoms with E-state index in [0.29, 0.717) is 17.8 Å². The van der Waals surface area contributed by atoms with Crippen molar-refractivity contribution in [3.63, 3.8) is 0 Å². The summed E-state index contributed by atoms with van der Waals surface area (Å²) < 4.78 is 27.6. The van der Waals surface area contributed by atoms with Crippen LogP contribution >= 0.6 is 11.8 Å². The lowest BCUT2D eigenvalue weighted by Crippen LogP contribution is -2.48. The first-order valence-corrected chi connectivity index (χ1v) is 10.1. The Morgan fingerprint density at radius 1 is 1.21 bits per heavy atom. The van der Waals surface area contributed by atoms with Gasteiger partial charge in [0.1, 0.15) is 0 Å². The van der Waals surface area contributed by atoms with E-state index < -0.39 is 10.0 Å². The topological polar surface area (TPSA) is 58.2 Å². The summed E-state index contributed by atoms with van der Waals surface area (Å²) in [6, 6.07) is 0.684. The van der Waals surface area contributed by atoms with Gasteiger partial charge in [0.25, 0.3) is 0 Å². The molecule has 19 heavy (non-hydrogen) atoms. The largest absolute Gasteiger partial charge is 0.313 e. The van der Waals surface area contributed by atoms with Crippen LogP contribution in [-0.4, -0.2) is 43.8 Å². The van der Waals surface area contributed by atoms with E-state index >= 15 is 0 Å². The minimum Gasteiger partial charge on any atom is -0.313 e. The summed E-state index contributed by atoms with van der Waals surface area (Å²) in [7, 11) is -3.20.